The van der Waals surface area contributed by atoms with Crippen LogP contribution in [-0.2, 0) is 22.4 Å². The third-order valence-corrected chi connectivity index (χ3v) is 6.42. The van der Waals surface area contributed by atoms with Crippen LogP contribution in [0.4, 0.5) is 0 Å². The van der Waals surface area contributed by atoms with Crippen LogP contribution in [0.15, 0.2) is 5.38 Å². The first-order valence-electron chi connectivity index (χ1n) is 8.57. The van der Waals surface area contributed by atoms with Crippen molar-refractivity contribution in [2.75, 3.05) is 26.8 Å². The summed E-state index contributed by atoms with van der Waals surface area (Å²) in [4.78, 5) is 27.9. The molecule has 1 aliphatic carbocycles. The fourth-order valence-electron chi connectivity index (χ4n) is 3.96. The largest absolute Gasteiger partial charge is 0.481 e. The Bertz CT molecular complexity index is 637. The Morgan fingerprint density at radius 2 is 2.29 bits per heavy atom. The molecule has 1 aliphatic heterocycles. The Balaban J connectivity index is 1.81. The van der Waals surface area contributed by atoms with Gasteiger partial charge in [-0.2, -0.15) is 0 Å². The third kappa shape index (κ3) is 3.09. The number of carboxylic acids is 1. The summed E-state index contributed by atoms with van der Waals surface area (Å²) >= 11 is 1.68. The summed E-state index contributed by atoms with van der Waals surface area (Å²) in [6.07, 6.45) is 4.38. The van der Waals surface area contributed by atoms with Crippen LogP contribution in [0.3, 0.4) is 0 Å². The van der Waals surface area contributed by atoms with Gasteiger partial charge >= 0.3 is 5.97 Å². The van der Waals surface area contributed by atoms with E-state index in [1.165, 1.54) is 17.6 Å². The predicted molar refractivity (Wildman–Crippen MR) is 92.6 cm³/mol. The quantitative estimate of drug-likeness (QED) is 0.906. The van der Waals surface area contributed by atoms with Crippen molar-refractivity contribution in [1.29, 1.82) is 0 Å². The molecule has 132 valence electrons. The van der Waals surface area contributed by atoms with Gasteiger partial charge in [-0.1, -0.05) is 6.92 Å². The van der Waals surface area contributed by atoms with E-state index in [1.807, 2.05) is 5.38 Å². The molecule has 0 radical (unpaired) electrons. The monoisotopic (exact) mass is 351 g/mol. The summed E-state index contributed by atoms with van der Waals surface area (Å²) in [5, 5.41) is 11.6. The van der Waals surface area contributed by atoms with Crippen LogP contribution < -0.4 is 0 Å². The van der Waals surface area contributed by atoms with Gasteiger partial charge in [0.25, 0.3) is 5.91 Å². The molecule has 1 saturated heterocycles. The molecule has 0 spiro atoms. The highest BCUT2D eigenvalue weighted by atomic mass is 32.1. The Morgan fingerprint density at radius 1 is 1.50 bits per heavy atom. The fraction of sp³-hybridized carbons (Fsp3) is 0.667. The number of carbonyl (C=O) groups excluding carboxylic acids is 1. The van der Waals surface area contributed by atoms with Crippen molar-refractivity contribution in [1.82, 2.24) is 4.90 Å². The Morgan fingerprint density at radius 3 is 3.00 bits per heavy atom. The molecule has 2 unspecified atom stereocenters. The number of piperidine rings is 1. The average molecular weight is 351 g/mol. The number of methoxy groups -OCH3 is 1. The maximum Gasteiger partial charge on any atom is 0.313 e. The first kappa shape index (κ1) is 17.4. The molecule has 2 heterocycles. The molecule has 0 saturated carbocycles. The number of thiophene rings is 1. The van der Waals surface area contributed by atoms with Gasteiger partial charge in [0.1, 0.15) is 5.41 Å². The second-order valence-corrected chi connectivity index (χ2v) is 8.21. The van der Waals surface area contributed by atoms with E-state index in [1.54, 1.807) is 16.2 Å². The fourth-order valence-corrected chi connectivity index (χ4v) is 5.20. The molecular weight excluding hydrogens is 326 g/mol. The van der Waals surface area contributed by atoms with Crippen molar-refractivity contribution in [3.05, 3.63) is 21.4 Å². The summed E-state index contributed by atoms with van der Waals surface area (Å²) in [5.41, 5.74) is 1.01. The minimum Gasteiger partial charge on any atom is -0.481 e. The summed E-state index contributed by atoms with van der Waals surface area (Å²) in [5.74, 6) is -0.207. The molecule has 1 aromatic rings. The highest BCUT2D eigenvalue weighted by Gasteiger charge is 2.44. The van der Waals surface area contributed by atoms with Gasteiger partial charge in [-0.05, 0) is 43.6 Å². The molecule has 6 heteroatoms. The lowest BCUT2D eigenvalue weighted by Crippen LogP contribution is -2.52. The van der Waals surface area contributed by atoms with Crippen LogP contribution in [0.5, 0.6) is 0 Å². The SMILES string of the molecule is COCC1(C(=O)O)CCCN(C(=O)c2csc3c2CCC(C)C3)C1. The summed E-state index contributed by atoms with van der Waals surface area (Å²) < 4.78 is 5.15. The molecule has 2 atom stereocenters. The van der Waals surface area contributed by atoms with Gasteiger partial charge in [0.15, 0.2) is 0 Å². The number of hydrogen-bond acceptors (Lipinski definition) is 4. The predicted octanol–water partition coefficient (Wildman–Crippen LogP) is 2.83. The molecule has 3 rings (SSSR count). The van der Waals surface area contributed by atoms with Crippen molar-refractivity contribution < 1.29 is 19.4 Å². The van der Waals surface area contributed by atoms with E-state index in [2.05, 4.69) is 6.92 Å². The molecule has 1 fully saturated rings. The molecule has 1 N–H and O–H groups in total. The average Bonchev–Trinajstić information content (AvgIpc) is 2.97. The normalized spacial score (nSPS) is 26.9. The van der Waals surface area contributed by atoms with Gasteiger partial charge in [-0.25, -0.2) is 0 Å². The van der Waals surface area contributed by atoms with Gasteiger partial charge < -0.3 is 14.7 Å². The number of aliphatic carboxylic acids is 1. The lowest BCUT2D eigenvalue weighted by atomic mass is 9.80. The maximum atomic E-state index is 13.0. The van der Waals surface area contributed by atoms with Gasteiger partial charge in [-0.15, -0.1) is 11.3 Å². The number of fused-ring (bicyclic) bond motifs is 1. The Labute approximate surface area is 146 Å². The summed E-state index contributed by atoms with van der Waals surface area (Å²) in [6, 6.07) is 0. The van der Waals surface area contributed by atoms with E-state index in [9.17, 15) is 14.7 Å². The highest BCUT2D eigenvalue weighted by Crippen LogP contribution is 2.36. The second kappa shape index (κ2) is 6.84. The lowest BCUT2D eigenvalue weighted by molar-refractivity contribution is -0.155. The molecular formula is C18H25NO4S. The standard InChI is InChI=1S/C18H25NO4S/c1-12-4-5-13-14(9-24-15(13)8-12)16(20)19-7-3-6-18(10-19,11-23-2)17(21)22/h9,12H,3-8,10-11H2,1-2H3,(H,21,22). The van der Waals surface area contributed by atoms with Crippen molar-refractivity contribution in [3.63, 3.8) is 0 Å². The maximum absolute atomic E-state index is 13.0. The van der Waals surface area contributed by atoms with Crippen LogP contribution in [-0.4, -0.2) is 48.7 Å². The Kier molecular flexibility index (Phi) is 4.97. The minimum atomic E-state index is -0.979. The van der Waals surface area contributed by atoms with E-state index in [4.69, 9.17) is 4.74 Å². The van der Waals surface area contributed by atoms with E-state index in [-0.39, 0.29) is 19.1 Å². The highest BCUT2D eigenvalue weighted by molar-refractivity contribution is 7.10. The van der Waals surface area contributed by atoms with Crippen LogP contribution in [0.25, 0.3) is 0 Å². The van der Waals surface area contributed by atoms with Crippen molar-refractivity contribution in [2.45, 2.75) is 39.0 Å². The molecule has 1 amide bonds. The first-order chi connectivity index (χ1) is 11.5. The smallest absolute Gasteiger partial charge is 0.313 e. The van der Waals surface area contributed by atoms with Crippen LogP contribution in [0, 0.1) is 11.3 Å². The lowest BCUT2D eigenvalue weighted by Gasteiger charge is -2.39. The number of rotatable bonds is 4. The number of carboxylic acid groups (broad SMARTS) is 1. The van der Waals surface area contributed by atoms with Crippen LogP contribution in [0.2, 0.25) is 0 Å². The number of hydrogen-bond donors (Lipinski definition) is 1. The first-order valence-corrected chi connectivity index (χ1v) is 9.45. The van der Waals surface area contributed by atoms with Crippen molar-refractivity contribution >= 4 is 23.2 Å². The molecule has 5 nitrogen and oxygen atoms in total. The third-order valence-electron chi connectivity index (χ3n) is 5.37. The van der Waals surface area contributed by atoms with Crippen molar-refractivity contribution in [2.24, 2.45) is 11.3 Å². The molecule has 1 aromatic heterocycles. The Hall–Kier alpha value is -1.40. The number of amides is 1. The zero-order valence-corrected chi connectivity index (χ0v) is 15.2. The molecule has 0 aromatic carbocycles. The number of likely N-dealkylation sites (tertiary alicyclic amines) is 1. The summed E-state index contributed by atoms with van der Waals surface area (Å²) in [7, 11) is 1.52. The number of carbonyl (C=O) groups is 2. The zero-order valence-electron chi connectivity index (χ0n) is 14.3. The second-order valence-electron chi connectivity index (χ2n) is 7.25. The van der Waals surface area contributed by atoms with E-state index < -0.39 is 11.4 Å². The molecule has 24 heavy (non-hydrogen) atoms. The summed E-state index contributed by atoms with van der Waals surface area (Å²) in [6.45, 7) is 3.25. The zero-order chi connectivity index (χ0) is 17.3. The van der Waals surface area contributed by atoms with Gasteiger partial charge in [0.2, 0.25) is 0 Å². The molecule has 2 aliphatic rings. The van der Waals surface area contributed by atoms with Gasteiger partial charge in [-0.3, -0.25) is 9.59 Å². The van der Waals surface area contributed by atoms with E-state index in [0.29, 0.717) is 25.3 Å². The van der Waals surface area contributed by atoms with Gasteiger partial charge in [0.05, 0.1) is 12.2 Å². The van der Waals surface area contributed by atoms with Crippen molar-refractivity contribution in [3.8, 4) is 0 Å². The van der Waals surface area contributed by atoms with Gasteiger partial charge in [0, 0.05) is 30.5 Å². The molecule has 0 bridgehead atoms. The van der Waals surface area contributed by atoms with Crippen LogP contribution >= 0.6 is 11.3 Å². The van der Waals surface area contributed by atoms with E-state index >= 15 is 0 Å². The van der Waals surface area contributed by atoms with E-state index in [0.717, 1.165) is 24.8 Å². The number of ether oxygens (including phenoxy) is 1. The topological polar surface area (TPSA) is 66.8 Å². The minimum absolute atomic E-state index is 0.0107. The van der Waals surface area contributed by atoms with Crippen LogP contribution in [0.1, 0.15) is 47.0 Å². The number of nitrogens with zero attached hydrogens (tertiary/aromatic N) is 1.